The average Bonchev–Trinajstić information content (AvgIpc) is 2.60. The Labute approximate surface area is 149 Å². The first-order valence-electron chi connectivity index (χ1n) is 9.98. The van der Waals surface area contributed by atoms with E-state index in [1.165, 1.54) is 19.3 Å². The van der Waals surface area contributed by atoms with E-state index in [-0.39, 0.29) is 11.8 Å². The third-order valence-electron chi connectivity index (χ3n) is 4.48. The minimum absolute atomic E-state index is 0.146. The van der Waals surface area contributed by atoms with Crippen molar-refractivity contribution in [2.45, 2.75) is 91.4 Å². The van der Waals surface area contributed by atoms with Crippen LogP contribution in [0, 0.1) is 5.92 Å². The lowest BCUT2D eigenvalue weighted by atomic mass is 9.99. The largest absolute Gasteiger partial charge is 0.381 e. The first-order chi connectivity index (χ1) is 11.6. The van der Waals surface area contributed by atoms with Gasteiger partial charge in [-0.2, -0.15) is 0 Å². The van der Waals surface area contributed by atoms with Crippen LogP contribution in [-0.2, 0) is 14.3 Å². The first-order valence-corrected chi connectivity index (χ1v) is 9.98. The number of carbonyl (C=O) groups excluding carboxylic acids is 2. The van der Waals surface area contributed by atoms with Crippen LogP contribution in [0.2, 0.25) is 0 Å². The molecular formula is C20H39NO3. The molecule has 0 aliphatic carbocycles. The molecule has 24 heavy (non-hydrogen) atoms. The van der Waals surface area contributed by atoms with Crippen LogP contribution < -0.4 is 5.32 Å². The van der Waals surface area contributed by atoms with E-state index in [0.717, 1.165) is 64.7 Å². The van der Waals surface area contributed by atoms with Crippen molar-refractivity contribution < 1.29 is 14.3 Å². The van der Waals surface area contributed by atoms with Crippen LogP contribution in [0.5, 0.6) is 0 Å². The molecule has 0 saturated heterocycles. The van der Waals surface area contributed by atoms with Gasteiger partial charge in [0.1, 0.15) is 5.78 Å². The molecule has 0 rings (SSSR count). The van der Waals surface area contributed by atoms with Crippen LogP contribution in [0.25, 0.3) is 0 Å². The Morgan fingerprint density at radius 3 is 2.08 bits per heavy atom. The van der Waals surface area contributed by atoms with Gasteiger partial charge in [-0.3, -0.25) is 9.59 Å². The van der Waals surface area contributed by atoms with Crippen molar-refractivity contribution in [2.24, 2.45) is 5.92 Å². The first kappa shape index (κ1) is 23.1. The van der Waals surface area contributed by atoms with Gasteiger partial charge >= 0.3 is 0 Å². The van der Waals surface area contributed by atoms with Crippen LogP contribution in [0.4, 0.5) is 0 Å². The van der Waals surface area contributed by atoms with Gasteiger partial charge in [-0.1, -0.05) is 46.5 Å². The summed E-state index contributed by atoms with van der Waals surface area (Å²) in [7, 11) is 0. The van der Waals surface area contributed by atoms with Gasteiger partial charge in [0.25, 0.3) is 0 Å². The summed E-state index contributed by atoms with van der Waals surface area (Å²) in [5, 5.41) is 2.90. The molecule has 0 aliphatic heterocycles. The molecule has 142 valence electrons. The van der Waals surface area contributed by atoms with Crippen molar-refractivity contribution in [3.05, 3.63) is 0 Å². The lowest BCUT2D eigenvalue weighted by molar-refractivity contribution is -0.122. The molecule has 0 aliphatic rings. The fraction of sp³-hybridized carbons (Fsp3) is 0.900. The number of ether oxygens (including phenoxy) is 1. The maximum absolute atomic E-state index is 11.7. The molecule has 0 radical (unpaired) electrons. The van der Waals surface area contributed by atoms with Crippen molar-refractivity contribution in [1.82, 2.24) is 5.32 Å². The molecule has 0 heterocycles. The summed E-state index contributed by atoms with van der Waals surface area (Å²) in [4.78, 5) is 22.7. The lowest BCUT2D eigenvalue weighted by Gasteiger charge is -2.07. The zero-order chi connectivity index (χ0) is 18.0. The lowest BCUT2D eigenvalue weighted by Crippen LogP contribution is -2.23. The van der Waals surface area contributed by atoms with Crippen molar-refractivity contribution in [2.75, 3.05) is 19.8 Å². The van der Waals surface area contributed by atoms with Gasteiger partial charge in [0.2, 0.25) is 5.91 Å². The molecule has 1 N–H and O–H groups in total. The molecular weight excluding hydrogens is 302 g/mol. The molecule has 0 aromatic rings. The Morgan fingerprint density at radius 1 is 0.875 bits per heavy atom. The molecule has 1 atom stereocenters. The summed E-state index contributed by atoms with van der Waals surface area (Å²) in [5.74, 6) is 0.782. The molecule has 0 saturated carbocycles. The van der Waals surface area contributed by atoms with Crippen molar-refractivity contribution in [3.8, 4) is 0 Å². The third kappa shape index (κ3) is 14.7. The maximum Gasteiger partial charge on any atom is 0.219 e. The van der Waals surface area contributed by atoms with Gasteiger partial charge in [-0.05, 0) is 32.1 Å². The van der Waals surface area contributed by atoms with E-state index in [1.807, 2.05) is 13.8 Å². The zero-order valence-electron chi connectivity index (χ0n) is 16.2. The number of hydrogen-bond acceptors (Lipinski definition) is 3. The van der Waals surface area contributed by atoms with E-state index < -0.39 is 0 Å². The number of carbonyl (C=O) groups is 2. The van der Waals surface area contributed by atoms with Crippen LogP contribution in [0.1, 0.15) is 91.4 Å². The summed E-state index contributed by atoms with van der Waals surface area (Å²) in [6.07, 6.45) is 11.2. The fourth-order valence-electron chi connectivity index (χ4n) is 2.47. The maximum atomic E-state index is 11.7. The quantitative estimate of drug-likeness (QED) is 0.392. The summed E-state index contributed by atoms with van der Waals surface area (Å²) in [5.41, 5.74) is 0. The summed E-state index contributed by atoms with van der Waals surface area (Å²) >= 11 is 0. The summed E-state index contributed by atoms with van der Waals surface area (Å²) in [6, 6.07) is 0. The molecule has 0 aromatic heterocycles. The molecule has 4 heteroatoms. The van der Waals surface area contributed by atoms with Crippen LogP contribution >= 0.6 is 0 Å². The number of nitrogens with one attached hydrogen (secondary N) is 1. The van der Waals surface area contributed by atoms with Crippen LogP contribution in [0.3, 0.4) is 0 Å². The standard InChI is InChI=1S/C20H39NO3/c1-4-18(3)19(22)14-10-9-13-17-24-16-12-8-6-7-11-15-21-20(23)5-2/h18H,4-17H2,1-3H3,(H,21,23). The SMILES string of the molecule is CCC(=O)NCCCCCCCOCCCCCC(=O)C(C)CC. The van der Waals surface area contributed by atoms with Crippen molar-refractivity contribution in [1.29, 1.82) is 0 Å². The highest BCUT2D eigenvalue weighted by atomic mass is 16.5. The molecule has 1 unspecified atom stereocenters. The predicted octanol–water partition coefficient (Wildman–Crippen LogP) is 4.66. The van der Waals surface area contributed by atoms with E-state index in [1.54, 1.807) is 0 Å². The van der Waals surface area contributed by atoms with E-state index >= 15 is 0 Å². The Kier molecular flexibility index (Phi) is 16.3. The number of ketones is 1. The number of Topliss-reactive ketones (excluding diaryl/α,β-unsaturated/α-hetero) is 1. The Bertz CT molecular complexity index is 318. The number of hydrogen-bond donors (Lipinski definition) is 1. The summed E-state index contributed by atoms with van der Waals surface area (Å²) < 4.78 is 5.64. The van der Waals surface area contributed by atoms with Crippen LogP contribution in [0.15, 0.2) is 0 Å². The van der Waals surface area contributed by atoms with E-state index in [4.69, 9.17) is 4.74 Å². The second kappa shape index (κ2) is 16.9. The molecule has 1 amide bonds. The zero-order valence-corrected chi connectivity index (χ0v) is 16.2. The van der Waals surface area contributed by atoms with E-state index in [2.05, 4.69) is 12.2 Å². The number of amides is 1. The molecule has 4 nitrogen and oxygen atoms in total. The van der Waals surface area contributed by atoms with Gasteiger partial charge in [-0.15, -0.1) is 0 Å². The Hall–Kier alpha value is -0.900. The molecule has 0 spiro atoms. The van der Waals surface area contributed by atoms with Gasteiger partial charge in [-0.25, -0.2) is 0 Å². The minimum Gasteiger partial charge on any atom is -0.381 e. The minimum atomic E-state index is 0.146. The molecule has 0 bridgehead atoms. The second-order valence-electron chi connectivity index (χ2n) is 6.67. The van der Waals surface area contributed by atoms with Crippen molar-refractivity contribution in [3.63, 3.8) is 0 Å². The van der Waals surface area contributed by atoms with Gasteiger partial charge in [0.15, 0.2) is 0 Å². The highest BCUT2D eigenvalue weighted by Gasteiger charge is 2.09. The normalized spacial score (nSPS) is 12.1. The number of rotatable bonds is 17. The highest BCUT2D eigenvalue weighted by Crippen LogP contribution is 2.09. The smallest absolute Gasteiger partial charge is 0.219 e. The highest BCUT2D eigenvalue weighted by molar-refractivity contribution is 5.80. The topological polar surface area (TPSA) is 55.4 Å². The monoisotopic (exact) mass is 341 g/mol. The van der Waals surface area contributed by atoms with Crippen LogP contribution in [-0.4, -0.2) is 31.4 Å². The second-order valence-corrected chi connectivity index (χ2v) is 6.67. The van der Waals surface area contributed by atoms with Gasteiger partial charge in [0, 0.05) is 38.5 Å². The Balaban J connectivity index is 3.15. The van der Waals surface area contributed by atoms with Crippen molar-refractivity contribution >= 4 is 11.7 Å². The fourth-order valence-corrected chi connectivity index (χ4v) is 2.47. The van der Waals surface area contributed by atoms with E-state index in [9.17, 15) is 9.59 Å². The van der Waals surface area contributed by atoms with E-state index in [0.29, 0.717) is 12.2 Å². The van der Waals surface area contributed by atoms with Gasteiger partial charge in [0.05, 0.1) is 0 Å². The molecule has 0 fully saturated rings. The molecule has 0 aromatic carbocycles. The predicted molar refractivity (Wildman–Crippen MR) is 100 cm³/mol. The third-order valence-corrected chi connectivity index (χ3v) is 4.48. The number of unbranched alkanes of at least 4 members (excludes halogenated alkanes) is 6. The summed E-state index contributed by atoms with van der Waals surface area (Å²) in [6.45, 7) is 8.44. The average molecular weight is 342 g/mol. The van der Waals surface area contributed by atoms with Gasteiger partial charge < -0.3 is 10.1 Å². The Morgan fingerprint density at radius 2 is 1.46 bits per heavy atom.